The molecule has 0 aliphatic carbocycles. The van der Waals surface area contributed by atoms with Crippen LogP contribution in [0.15, 0.2) is 39.5 Å². The second-order valence-corrected chi connectivity index (χ2v) is 6.02. The molecule has 0 amide bonds. The zero-order valence-electron chi connectivity index (χ0n) is 15.0. The standard InChI is InChI=1S/C19H15ClFNO6/c1-3-25-18(23)11-7-8-26-14(11)9-27-19(24)15-10(2)28-22-17(15)16-12(20)5-4-6-13(16)21/h4-8H,3,9H2,1-2H3. The molecule has 0 aliphatic heterocycles. The Morgan fingerprint density at radius 3 is 2.71 bits per heavy atom. The molecular weight excluding hydrogens is 393 g/mol. The van der Waals surface area contributed by atoms with Crippen LogP contribution >= 0.6 is 11.6 Å². The predicted octanol–water partition coefficient (Wildman–Crippen LogP) is 4.57. The van der Waals surface area contributed by atoms with Gasteiger partial charge < -0.3 is 18.4 Å². The van der Waals surface area contributed by atoms with E-state index < -0.39 is 17.8 Å². The van der Waals surface area contributed by atoms with Gasteiger partial charge in [-0.2, -0.15) is 0 Å². The number of hydrogen-bond acceptors (Lipinski definition) is 7. The van der Waals surface area contributed by atoms with Gasteiger partial charge in [0.05, 0.1) is 23.5 Å². The van der Waals surface area contributed by atoms with Crippen molar-refractivity contribution < 1.29 is 32.4 Å². The van der Waals surface area contributed by atoms with Crippen molar-refractivity contribution in [2.45, 2.75) is 20.5 Å². The summed E-state index contributed by atoms with van der Waals surface area (Å²) >= 11 is 6.05. The van der Waals surface area contributed by atoms with Gasteiger partial charge in [0.1, 0.15) is 28.4 Å². The van der Waals surface area contributed by atoms with Crippen molar-refractivity contribution in [3.8, 4) is 11.3 Å². The Bertz CT molecular complexity index is 1010. The number of ether oxygens (including phenoxy) is 2. The summed E-state index contributed by atoms with van der Waals surface area (Å²) in [6, 6.07) is 5.50. The second-order valence-electron chi connectivity index (χ2n) is 5.61. The number of rotatable bonds is 6. The van der Waals surface area contributed by atoms with Crippen LogP contribution in [0.25, 0.3) is 11.3 Å². The van der Waals surface area contributed by atoms with Crippen LogP contribution in [0.1, 0.15) is 39.2 Å². The Balaban J connectivity index is 1.85. The molecule has 0 atom stereocenters. The number of hydrogen-bond donors (Lipinski definition) is 0. The lowest BCUT2D eigenvalue weighted by Gasteiger charge is -2.07. The largest absolute Gasteiger partial charge is 0.465 e. The number of esters is 2. The fourth-order valence-electron chi connectivity index (χ4n) is 2.55. The van der Waals surface area contributed by atoms with E-state index in [0.29, 0.717) is 0 Å². The lowest BCUT2D eigenvalue weighted by molar-refractivity contribution is 0.0421. The van der Waals surface area contributed by atoms with Crippen molar-refractivity contribution in [3.63, 3.8) is 0 Å². The molecule has 3 aromatic rings. The van der Waals surface area contributed by atoms with Crippen LogP contribution in [0.3, 0.4) is 0 Å². The van der Waals surface area contributed by atoms with Crippen molar-refractivity contribution in [2.24, 2.45) is 0 Å². The van der Waals surface area contributed by atoms with Gasteiger partial charge in [-0.1, -0.05) is 22.8 Å². The summed E-state index contributed by atoms with van der Waals surface area (Å²) < 4.78 is 34.6. The second kappa shape index (κ2) is 8.26. The molecule has 0 radical (unpaired) electrons. The summed E-state index contributed by atoms with van der Waals surface area (Å²) in [4.78, 5) is 24.5. The number of furan rings is 1. The molecule has 3 rings (SSSR count). The molecule has 0 saturated carbocycles. The third-order valence-electron chi connectivity index (χ3n) is 3.84. The zero-order valence-corrected chi connectivity index (χ0v) is 15.7. The topological polar surface area (TPSA) is 91.8 Å². The Hall–Kier alpha value is -3.13. The van der Waals surface area contributed by atoms with Crippen LogP contribution in [0.4, 0.5) is 4.39 Å². The van der Waals surface area contributed by atoms with E-state index in [4.69, 9.17) is 30.0 Å². The van der Waals surface area contributed by atoms with Crippen LogP contribution in [0.5, 0.6) is 0 Å². The number of benzene rings is 1. The van der Waals surface area contributed by atoms with Crippen LogP contribution in [-0.2, 0) is 16.1 Å². The highest BCUT2D eigenvalue weighted by Gasteiger charge is 2.27. The Morgan fingerprint density at radius 1 is 1.21 bits per heavy atom. The monoisotopic (exact) mass is 407 g/mol. The molecule has 146 valence electrons. The maximum absolute atomic E-state index is 14.2. The van der Waals surface area contributed by atoms with Crippen LogP contribution in [0, 0.1) is 12.7 Å². The number of carbonyl (C=O) groups excluding carboxylic acids is 2. The molecule has 0 spiro atoms. The number of carbonyl (C=O) groups is 2. The van der Waals surface area contributed by atoms with E-state index in [2.05, 4.69) is 5.16 Å². The molecule has 0 fully saturated rings. The van der Waals surface area contributed by atoms with Crippen molar-refractivity contribution in [1.82, 2.24) is 5.16 Å². The molecule has 1 aromatic carbocycles. The molecule has 9 heteroatoms. The zero-order chi connectivity index (χ0) is 20.3. The first kappa shape index (κ1) is 19.6. The SMILES string of the molecule is CCOC(=O)c1ccoc1COC(=O)c1c(-c2c(F)cccc2Cl)noc1C. The number of halogens is 2. The van der Waals surface area contributed by atoms with E-state index in [-0.39, 0.29) is 52.1 Å². The summed E-state index contributed by atoms with van der Waals surface area (Å²) in [6.45, 7) is 3.01. The van der Waals surface area contributed by atoms with Crippen molar-refractivity contribution in [1.29, 1.82) is 0 Å². The van der Waals surface area contributed by atoms with Gasteiger partial charge in [0.2, 0.25) is 0 Å². The lowest BCUT2D eigenvalue weighted by Crippen LogP contribution is -2.10. The lowest BCUT2D eigenvalue weighted by atomic mass is 10.1. The van der Waals surface area contributed by atoms with Crippen LogP contribution in [-0.4, -0.2) is 23.7 Å². The van der Waals surface area contributed by atoms with E-state index in [0.717, 1.165) is 0 Å². The predicted molar refractivity (Wildman–Crippen MR) is 95.4 cm³/mol. The third kappa shape index (κ3) is 3.77. The summed E-state index contributed by atoms with van der Waals surface area (Å²) in [5.41, 5.74) is -0.0702. The quantitative estimate of drug-likeness (QED) is 0.552. The average molecular weight is 408 g/mol. The highest BCUT2D eigenvalue weighted by molar-refractivity contribution is 6.33. The molecular formula is C19H15ClFNO6. The molecule has 7 nitrogen and oxygen atoms in total. The summed E-state index contributed by atoms with van der Waals surface area (Å²) in [6.07, 6.45) is 1.28. The Morgan fingerprint density at radius 2 is 2.00 bits per heavy atom. The highest BCUT2D eigenvalue weighted by atomic mass is 35.5. The molecule has 0 aliphatic rings. The highest BCUT2D eigenvalue weighted by Crippen LogP contribution is 2.33. The van der Waals surface area contributed by atoms with Gasteiger partial charge >= 0.3 is 11.9 Å². The third-order valence-corrected chi connectivity index (χ3v) is 4.16. The summed E-state index contributed by atoms with van der Waals surface area (Å²) in [5, 5.41) is 3.81. The normalized spacial score (nSPS) is 10.7. The van der Waals surface area contributed by atoms with Crippen molar-refractivity contribution >= 4 is 23.5 Å². The number of aromatic nitrogens is 1. The van der Waals surface area contributed by atoms with Gasteiger partial charge in [-0.15, -0.1) is 0 Å². The van der Waals surface area contributed by atoms with E-state index in [1.54, 1.807) is 6.92 Å². The Labute approximate surface area is 164 Å². The van der Waals surface area contributed by atoms with Crippen molar-refractivity contribution in [3.05, 3.63) is 64.0 Å². The molecule has 28 heavy (non-hydrogen) atoms. The molecule has 0 N–H and O–H groups in total. The molecule has 2 heterocycles. The van der Waals surface area contributed by atoms with Gasteiger partial charge in [-0.3, -0.25) is 0 Å². The first-order valence-electron chi connectivity index (χ1n) is 8.25. The maximum Gasteiger partial charge on any atom is 0.344 e. The van der Waals surface area contributed by atoms with E-state index >= 15 is 0 Å². The summed E-state index contributed by atoms with van der Waals surface area (Å²) in [7, 11) is 0. The first-order chi connectivity index (χ1) is 13.4. The van der Waals surface area contributed by atoms with Gasteiger partial charge in [0.25, 0.3) is 0 Å². The van der Waals surface area contributed by atoms with E-state index in [1.165, 1.54) is 37.5 Å². The average Bonchev–Trinajstić information content (AvgIpc) is 3.27. The first-order valence-corrected chi connectivity index (χ1v) is 8.63. The number of aryl methyl sites for hydroxylation is 1. The minimum atomic E-state index is -0.834. The van der Waals surface area contributed by atoms with Gasteiger partial charge in [-0.25, -0.2) is 14.0 Å². The van der Waals surface area contributed by atoms with Crippen LogP contribution < -0.4 is 0 Å². The maximum atomic E-state index is 14.2. The van der Waals surface area contributed by atoms with Gasteiger partial charge in [0.15, 0.2) is 12.4 Å². The fraction of sp³-hybridized carbons (Fsp3) is 0.211. The smallest absolute Gasteiger partial charge is 0.344 e. The minimum Gasteiger partial charge on any atom is -0.465 e. The number of nitrogens with zero attached hydrogens (tertiary/aromatic N) is 1. The molecule has 0 bridgehead atoms. The minimum absolute atomic E-state index is 0.0676. The fourth-order valence-corrected chi connectivity index (χ4v) is 2.81. The van der Waals surface area contributed by atoms with Gasteiger partial charge in [-0.05, 0) is 32.0 Å². The molecule has 0 saturated heterocycles. The molecule has 0 unspecified atom stereocenters. The van der Waals surface area contributed by atoms with Gasteiger partial charge in [0, 0.05) is 0 Å². The Kier molecular flexibility index (Phi) is 5.79. The van der Waals surface area contributed by atoms with Crippen molar-refractivity contribution in [2.75, 3.05) is 6.61 Å². The molecule has 2 aromatic heterocycles. The van der Waals surface area contributed by atoms with Crippen LogP contribution in [0.2, 0.25) is 5.02 Å². The van der Waals surface area contributed by atoms with E-state index in [9.17, 15) is 14.0 Å². The van der Waals surface area contributed by atoms with E-state index in [1.807, 2.05) is 0 Å². The summed E-state index contributed by atoms with van der Waals surface area (Å²) in [5.74, 6) is -1.84.